The maximum absolute atomic E-state index is 12.3. The lowest BCUT2D eigenvalue weighted by Crippen LogP contribution is -2.44. The summed E-state index contributed by atoms with van der Waals surface area (Å²) in [6, 6.07) is 2.92. The van der Waals surface area contributed by atoms with Gasteiger partial charge in [0.05, 0.1) is 4.88 Å². The Morgan fingerprint density at radius 1 is 1.29 bits per heavy atom. The summed E-state index contributed by atoms with van der Waals surface area (Å²) in [7, 11) is 1.83. The number of aromatic nitrogens is 1. The second-order valence-corrected chi connectivity index (χ2v) is 6.74. The zero-order chi connectivity index (χ0) is 15.4. The number of rotatable bonds is 4. The normalized spacial score (nSPS) is 13.4. The lowest BCUT2D eigenvalue weighted by molar-refractivity contribution is -0.120. The molecule has 112 valence electrons. The summed E-state index contributed by atoms with van der Waals surface area (Å²) >= 11 is 2.74. The van der Waals surface area contributed by atoms with E-state index in [-0.39, 0.29) is 17.7 Å². The van der Waals surface area contributed by atoms with E-state index in [0.29, 0.717) is 9.68 Å². The van der Waals surface area contributed by atoms with Crippen molar-refractivity contribution in [3.8, 4) is 0 Å². The van der Waals surface area contributed by atoms with Gasteiger partial charge < -0.3 is 9.88 Å². The molecule has 2 rings (SSSR count). The van der Waals surface area contributed by atoms with Crippen LogP contribution in [0.1, 0.15) is 23.5 Å². The van der Waals surface area contributed by atoms with Gasteiger partial charge in [0.1, 0.15) is 6.04 Å². The first-order valence-corrected chi connectivity index (χ1v) is 8.28. The fourth-order valence-electron chi connectivity index (χ4n) is 1.73. The number of thiazole rings is 1. The van der Waals surface area contributed by atoms with E-state index in [1.807, 2.05) is 43.9 Å². The summed E-state index contributed by atoms with van der Waals surface area (Å²) in [4.78, 5) is 29.7. The molecule has 0 bridgehead atoms. The molecule has 2 amide bonds. The summed E-state index contributed by atoms with van der Waals surface area (Å²) in [5.41, 5.74) is 0. The lowest BCUT2D eigenvalue weighted by atomic mass is 10.0. The summed E-state index contributed by atoms with van der Waals surface area (Å²) in [5.74, 6) is -0.591. The molecule has 2 aromatic heterocycles. The predicted molar refractivity (Wildman–Crippen MR) is 84.3 cm³/mol. The number of nitrogens with one attached hydrogen (secondary N) is 1. The first-order chi connectivity index (χ1) is 9.99. The van der Waals surface area contributed by atoms with Crippen LogP contribution in [-0.4, -0.2) is 22.4 Å². The molecule has 0 saturated heterocycles. The van der Waals surface area contributed by atoms with Gasteiger partial charge >= 0.3 is 0 Å². The van der Waals surface area contributed by atoms with E-state index in [2.05, 4.69) is 10.3 Å². The maximum Gasteiger partial charge on any atom is 0.271 e. The Bertz CT molecular complexity index is 683. The Hall–Kier alpha value is -1.73. The van der Waals surface area contributed by atoms with Crippen molar-refractivity contribution in [1.82, 2.24) is 9.88 Å². The molecule has 0 fully saturated rings. The highest BCUT2D eigenvalue weighted by Crippen LogP contribution is 2.11. The minimum absolute atomic E-state index is 0.0320. The number of hydrogen-bond donors (Lipinski definition) is 1. The van der Waals surface area contributed by atoms with Crippen LogP contribution in [0.4, 0.5) is 0 Å². The van der Waals surface area contributed by atoms with Crippen LogP contribution in [0.5, 0.6) is 0 Å². The molecular formula is C14H17N3O2S2. The van der Waals surface area contributed by atoms with Gasteiger partial charge in [-0.2, -0.15) is 4.99 Å². The number of thiophene rings is 1. The molecule has 0 spiro atoms. The number of amides is 2. The average molecular weight is 323 g/mol. The summed E-state index contributed by atoms with van der Waals surface area (Å²) in [5, 5.41) is 6.47. The third-order valence-electron chi connectivity index (χ3n) is 2.93. The Morgan fingerprint density at radius 2 is 2.05 bits per heavy atom. The molecule has 7 heteroatoms. The van der Waals surface area contributed by atoms with E-state index >= 15 is 0 Å². The Morgan fingerprint density at radius 3 is 2.57 bits per heavy atom. The topological polar surface area (TPSA) is 63.5 Å². The zero-order valence-corrected chi connectivity index (χ0v) is 13.7. The van der Waals surface area contributed by atoms with Gasteiger partial charge in [-0.1, -0.05) is 19.9 Å². The van der Waals surface area contributed by atoms with E-state index < -0.39 is 6.04 Å². The molecule has 0 aliphatic heterocycles. The van der Waals surface area contributed by atoms with Crippen LogP contribution in [0.2, 0.25) is 0 Å². The maximum atomic E-state index is 12.3. The SMILES string of the molecule is CC(C)[C@H](NC(=O)c1cccs1)C(=O)N=c1sccn1C. The molecule has 0 aliphatic carbocycles. The van der Waals surface area contributed by atoms with Gasteiger partial charge in [0.25, 0.3) is 11.8 Å². The minimum atomic E-state index is -0.623. The molecule has 0 radical (unpaired) electrons. The van der Waals surface area contributed by atoms with Crippen LogP contribution in [-0.2, 0) is 11.8 Å². The van der Waals surface area contributed by atoms with E-state index in [0.717, 1.165) is 0 Å². The van der Waals surface area contributed by atoms with E-state index in [4.69, 9.17) is 0 Å². The van der Waals surface area contributed by atoms with Crippen LogP contribution in [0.15, 0.2) is 34.1 Å². The Labute approximate surface area is 131 Å². The minimum Gasteiger partial charge on any atom is -0.339 e. The number of nitrogens with zero attached hydrogens (tertiary/aromatic N) is 2. The molecule has 0 unspecified atom stereocenters. The highest BCUT2D eigenvalue weighted by atomic mass is 32.1. The number of hydrogen-bond acceptors (Lipinski definition) is 4. The number of carbonyl (C=O) groups excluding carboxylic acids is 2. The van der Waals surface area contributed by atoms with E-state index in [1.165, 1.54) is 22.7 Å². The molecule has 0 aliphatic rings. The number of aryl methyl sites for hydroxylation is 1. The highest BCUT2D eigenvalue weighted by molar-refractivity contribution is 7.12. The van der Waals surface area contributed by atoms with Gasteiger partial charge in [0.2, 0.25) is 0 Å². The van der Waals surface area contributed by atoms with Crippen molar-refractivity contribution < 1.29 is 9.59 Å². The molecule has 0 saturated carbocycles. The van der Waals surface area contributed by atoms with Crippen molar-refractivity contribution in [1.29, 1.82) is 0 Å². The highest BCUT2D eigenvalue weighted by Gasteiger charge is 2.24. The smallest absolute Gasteiger partial charge is 0.271 e. The van der Waals surface area contributed by atoms with Gasteiger partial charge in [0.15, 0.2) is 4.80 Å². The van der Waals surface area contributed by atoms with Crippen molar-refractivity contribution in [3.63, 3.8) is 0 Å². The summed E-state index contributed by atoms with van der Waals surface area (Å²) < 4.78 is 1.78. The van der Waals surface area contributed by atoms with Gasteiger partial charge in [0, 0.05) is 18.6 Å². The Balaban J connectivity index is 2.18. The molecule has 2 aromatic rings. The molecular weight excluding hydrogens is 306 g/mol. The van der Waals surface area contributed by atoms with Crippen molar-refractivity contribution in [2.24, 2.45) is 18.0 Å². The predicted octanol–water partition coefficient (Wildman–Crippen LogP) is 2.03. The van der Waals surface area contributed by atoms with E-state index in [9.17, 15) is 9.59 Å². The van der Waals surface area contributed by atoms with Gasteiger partial charge in [-0.05, 0) is 17.4 Å². The first-order valence-electron chi connectivity index (χ1n) is 6.52. The zero-order valence-electron chi connectivity index (χ0n) is 12.1. The largest absolute Gasteiger partial charge is 0.339 e. The molecule has 1 N–H and O–H groups in total. The van der Waals surface area contributed by atoms with Gasteiger partial charge in [-0.25, -0.2) is 0 Å². The van der Waals surface area contributed by atoms with Gasteiger partial charge in [-0.15, -0.1) is 22.7 Å². The quantitative estimate of drug-likeness (QED) is 0.936. The van der Waals surface area contributed by atoms with Crippen molar-refractivity contribution >= 4 is 34.5 Å². The summed E-state index contributed by atoms with van der Waals surface area (Å²) in [6.45, 7) is 3.78. The van der Waals surface area contributed by atoms with E-state index in [1.54, 1.807) is 10.6 Å². The van der Waals surface area contributed by atoms with Crippen molar-refractivity contribution in [2.45, 2.75) is 19.9 Å². The van der Waals surface area contributed by atoms with Crippen LogP contribution in [0.25, 0.3) is 0 Å². The Kier molecular flexibility index (Phi) is 5.08. The summed E-state index contributed by atoms with van der Waals surface area (Å²) in [6.07, 6.45) is 1.84. The van der Waals surface area contributed by atoms with Crippen LogP contribution in [0.3, 0.4) is 0 Å². The van der Waals surface area contributed by atoms with Crippen LogP contribution < -0.4 is 10.1 Å². The average Bonchev–Trinajstić information content (AvgIpc) is 3.08. The third kappa shape index (κ3) is 3.89. The van der Waals surface area contributed by atoms with Crippen molar-refractivity contribution in [3.05, 3.63) is 38.8 Å². The van der Waals surface area contributed by atoms with Crippen LogP contribution in [0, 0.1) is 5.92 Å². The standard InChI is InChI=1S/C14H17N3O2S2/c1-9(2)11(15-12(18)10-5-4-7-20-10)13(19)16-14-17(3)6-8-21-14/h4-9,11H,1-3H3,(H,15,18)/t11-/m0/s1. The second-order valence-electron chi connectivity index (χ2n) is 4.92. The molecule has 5 nitrogen and oxygen atoms in total. The fourth-order valence-corrected chi connectivity index (χ4v) is 3.09. The molecule has 1 atom stereocenters. The number of carbonyl (C=O) groups is 2. The van der Waals surface area contributed by atoms with Gasteiger partial charge in [-0.3, -0.25) is 9.59 Å². The second kappa shape index (κ2) is 6.82. The lowest BCUT2D eigenvalue weighted by Gasteiger charge is -2.18. The van der Waals surface area contributed by atoms with Crippen LogP contribution >= 0.6 is 22.7 Å². The first kappa shape index (κ1) is 15.7. The monoisotopic (exact) mass is 323 g/mol. The molecule has 21 heavy (non-hydrogen) atoms. The molecule has 0 aromatic carbocycles. The van der Waals surface area contributed by atoms with Crippen molar-refractivity contribution in [2.75, 3.05) is 0 Å². The molecule has 2 heterocycles. The third-order valence-corrected chi connectivity index (χ3v) is 4.65. The fraction of sp³-hybridized carbons (Fsp3) is 0.357.